The van der Waals surface area contributed by atoms with Crippen LogP contribution >= 0.6 is 0 Å². The largest absolute Gasteiger partial charge is 0.370 e. The van der Waals surface area contributed by atoms with Gasteiger partial charge in [-0.2, -0.15) is 0 Å². The summed E-state index contributed by atoms with van der Waals surface area (Å²) in [6, 6.07) is 5.29. The molecule has 5 heteroatoms. The third-order valence-corrected chi connectivity index (χ3v) is 3.65. The van der Waals surface area contributed by atoms with Crippen LogP contribution in [-0.2, 0) is 11.3 Å². The Morgan fingerprint density at radius 3 is 2.80 bits per heavy atom. The van der Waals surface area contributed by atoms with Crippen molar-refractivity contribution in [3.63, 3.8) is 0 Å². The van der Waals surface area contributed by atoms with E-state index in [4.69, 9.17) is 4.74 Å². The number of nitrogens with zero attached hydrogens (tertiary/aromatic N) is 2. The molecule has 1 aromatic rings. The minimum absolute atomic E-state index is 0.174. The minimum atomic E-state index is -0.315. The quantitative estimate of drug-likeness (QED) is 0.630. The van der Waals surface area contributed by atoms with Crippen molar-refractivity contribution in [1.82, 2.24) is 4.90 Å². The Labute approximate surface area is 119 Å². The number of hydrogen-bond donors (Lipinski definition) is 0. The highest BCUT2D eigenvalue weighted by atomic mass is 16.6. The van der Waals surface area contributed by atoms with Gasteiger partial charge in [-0.1, -0.05) is 12.1 Å². The number of morpholine rings is 1. The average molecular weight is 278 g/mol. The van der Waals surface area contributed by atoms with Crippen molar-refractivity contribution in [2.45, 2.75) is 45.9 Å². The molecule has 20 heavy (non-hydrogen) atoms. The van der Waals surface area contributed by atoms with Gasteiger partial charge in [0, 0.05) is 31.3 Å². The van der Waals surface area contributed by atoms with Crippen LogP contribution in [0.4, 0.5) is 5.69 Å². The summed E-state index contributed by atoms with van der Waals surface area (Å²) < 4.78 is 5.88. The second-order valence-corrected chi connectivity index (χ2v) is 6.18. The summed E-state index contributed by atoms with van der Waals surface area (Å²) in [4.78, 5) is 13.0. The fraction of sp³-hybridized carbons (Fsp3) is 0.600. The van der Waals surface area contributed by atoms with Gasteiger partial charge in [-0.05, 0) is 33.3 Å². The molecule has 1 unspecified atom stereocenters. The molecule has 0 radical (unpaired) electrons. The first-order chi connectivity index (χ1) is 9.28. The predicted octanol–water partition coefficient (Wildman–Crippen LogP) is 2.90. The van der Waals surface area contributed by atoms with Gasteiger partial charge in [-0.15, -0.1) is 0 Å². The summed E-state index contributed by atoms with van der Waals surface area (Å²) in [5.74, 6) is 0. The van der Waals surface area contributed by atoms with Crippen molar-refractivity contribution >= 4 is 5.69 Å². The van der Waals surface area contributed by atoms with Crippen LogP contribution in [-0.4, -0.2) is 34.6 Å². The van der Waals surface area contributed by atoms with Gasteiger partial charge in [0.25, 0.3) is 5.69 Å². The van der Waals surface area contributed by atoms with E-state index < -0.39 is 0 Å². The second kappa shape index (κ2) is 5.50. The highest BCUT2D eigenvalue weighted by Gasteiger charge is 2.31. The molecule has 110 valence electrons. The molecule has 0 N–H and O–H groups in total. The number of benzene rings is 1. The van der Waals surface area contributed by atoms with E-state index >= 15 is 0 Å². The van der Waals surface area contributed by atoms with Crippen LogP contribution in [0.5, 0.6) is 0 Å². The van der Waals surface area contributed by atoms with Gasteiger partial charge in [0.15, 0.2) is 0 Å². The van der Waals surface area contributed by atoms with E-state index in [0.717, 1.165) is 30.8 Å². The summed E-state index contributed by atoms with van der Waals surface area (Å²) >= 11 is 0. The number of hydrogen-bond acceptors (Lipinski definition) is 4. The third-order valence-electron chi connectivity index (χ3n) is 3.65. The number of nitro benzene ring substituents is 1. The molecular formula is C15H22N2O3. The standard InChI is InChI=1S/C15H22N2O3/c1-11-8-16(10-15(3,4)20-11)9-13-6-5-7-14(12(13)2)17(18)19/h5-7,11H,8-10H2,1-4H3. The zero-order chi connectivity index (χ0) is 14.9. The predicted molar refractivity (Wildman–Crippen MR) is 77.7 cm³/mol. The molecule has 1 aliphatic rings. The van der Waals surface area contributed by atoms with Gasteiger partial charge < -0.3 is 4.74 Å². The van der Waals surface area contributed by atoms with E-state index in [1.165, 1.54) is 0 Å². The van der Waals surface area contributed by atoms with Gasteiger partial charge in [0.05, 0.1) is 16.6 Å². The molecule has 1 saturated heterocycles. The van der Waals surface area contributed by atoms with E-state index in [1.54, 1.807) is 12.1 Å². The highest BCUT2D eigenvalue weighted by Crippen LogP contribution is 2.26. The first-order valence-electron chi connectivity index (χ1n) is 6.91. The zero-order valence-corrected chi connectivity index (χ0v) is 12.5. The topological polar surface area (TPSA) is 55.6 Å². The Morgan fingerprint density at radius 2 is 2.20 bits per heavy atom. The van der Waals surface area contributed by atoms with Crippen molar-refractivity contribution in [2.24, 2.45) is 0 Å². The molecule has 1 fully saturated rings. The van der Waals surface area contributed by atoms with Gasteiger partial charge >= 0.3 is 0 Å². The summed E-state index contributed by atoms with van der Waals surface area (Å²) in [6.07, 6.45) is 0.178. The van der Waals surface area contributed by atoms with Crippen LogP contribution in [0.3, 0.4) is 0 Å². The van der Waals surface area contributed by atoms with Crippen LogP contribution in [0.25, 0.3) is 0 Å². The van der Waals surface area contributed by atoms with E-state index in [2.05, 4.69) is 25.7 Å². The van der Waals surface area contributed by atoms with Crippen molar-refractivity contribution in [3.8, 4) is 0 Å². The smallest absolute Gasteiger partial charge is 0.272 e. The zero-order valence-electron chi connectivity index (χ0n) is 12.5. The molecule has 0 aliphatic carbocycles. The van der Waals surface area contributed by atoms with E-state index in [9.17, 15) is 10.1 Å². The molecule has 0 aromatic heterocycles. The van der Waals surface area contributed by atoms with Crippen LogP contribution in [0.2, 0.25) is 0 Å². The lowest BCUT2D eigenvalue weighted by Gasteiger charge is -2.41. The van der Waals surface area contributed by atoms with Gasteiger partial charge in [0.2, 0.25) is 0 Å². The highest BCUT2D eigenvalue weighted by molar-refractivity contribution is 5.44. The molecule has 0 amide bonds. The maximum atomic E-state index is 11.0. The Hall–Kier alpha value is -1.46. The number of ether oxygens (including phenoxy) is 1. The van der Waals surface area contributed by atoms with Crippen LogP contribution < -0.4 is 0 Å². The summed E-state index contributed by atoms with van der Waals surface area (Å²) in [6.45, 7) is 10.5. The normalized spacial score (nSPS) is 22.7. The third kappa shape index (κ3) is 3.35. The van der Waals surface area contributed by atoms with Crippen LogP contribution in [0.1, 0.15) is 31.9 Å². The lowest BCUT2D eigenvalue weighted by molar-refractivity contribution is -0.385. The number of nitro groups is 1. The molecule has 1 atom stereocenters. The lowest BCUT2D eigenvalue weighted by Crippen LogP contribution is -2.51. The molecule has 0 spiro atoms. The Kier molecular flexibility index (Phi) is 4.11. The molecule has 0 bridgehead atoms. The van der Waals surface area contributed by atoms with Crippen molar-refractivity contribution in [3.05, 3.63) is 39.4 Å². The molecular weight excluding hydrogens is 256 g/mol. The van der Waals surface area contributed by atoms with Crippen LogP contribution in [0.15, 0.2) is 18.2 Å². The second-order valence-electron chi connectivity index (χ2n) is 6.18. The van der Waals surface area contributed by atoms with E-state index in [-0.39, 0.29) is 22.3 Å². The maximum absolute atomic E-state index is 11.0. The maximum Gasteiger partial charge on any atom is 0.272 e. The molecule has 1 aliphatic heterocycles. The van der Waals surface area contributed by atoms with Gasteiger partial charge in [-0.25, -0.2) is 0 Å². The summed E-state index contributed by atoms with van der Waals surface area (Å²) in [7, 11) is 0. The average Bonchev–Trinajstić information content (AvgIpc) is 2.28. The van der Waals surface area contributed by atoms with E-state index in [0.29, 0.717) is 0 Å². The first-order valence-corrected chi connectivity index (χ1v) is 6.91. The SMILES string of the molecule is Cc1c(CN2CC(C)OC(C)(C)C2)cccc1[N+](=O)[O-]. The van der Waals surface area contributed by atoms with Crippen molar-refractivity contribution in [1.29, 1.82) is 0 Å². The van der Waals surface area contributed by atoms with E-state index in [1.807, 2.05) is 13.0 Å². The van der Waals surface area contributed by atoms with Gasteiger partial charge in [0.1, 0.15) is 0 Å². The minimum Gasteiger partial charge on any atom is -0.370 e. The molecule has 1 aromatic carbocycles. The molecule has 1 heterocycles. The Morgan fingerprint density at radius 1 is 1.50 bits per heavy atom. The fourth-order valence-electron chi connectivity index (χ4n) is 2.99. The van der Waals surface area contributed by atoms with Gasteiger partial charge in [-0.3, -0.25) is 15.0 Å². The number of rotatable bonds is 3. The summed E-state index contributed by atoms with van der Waals surface area (Å²) in [5.41, 5.74) is 1.80. The molecule has 2 rings (SSSR count). The van der Waals surface area contributed by atoms with Crippen molar-refractivity contribution < 1.29 is 9.66 Å². The van der Waals surface area contributed by atoms with Crippen LogP contribution in [0, 0.1) is 17.0 Å². The monoisotopic (exact) mass is 278 g/mol. The Bertz CT molecular complexity index is 514. The molecule has 0 saturated carbocycles. The fourth-order valence-corrected chi connectivity index (χ4v) is 2.99. The summed E-state index contributed by atoms with van der Waals surface area (Å²) in [5, 5.41) is 11.0. The van der Waals surface area contributed by atoms with Crippen molar-refractivity contribution in [2.75, 3.05) is 13.1 Å². The molecule has 5 nitrogen and oxygen atoms in total. The Balaban J connectivity index is 2.18. The first kappa shape index (κ1) is 14.9. The lowest BCUT2D eigenvalue weighted by atomic mass is 10.0.